The molecule has 0 saturated heterocycles. The van der Waals surface area contributed by atoms with Crippen molar-refractivity contribution in [3.63, 3.8) is 0 Å². The Labute approximate surface area is 167 Å². The Morgan fingerprint density at radius 2 is 1.93 bits per heavy atom. The van der Waals surface area contributed by atoms with Gasteiger partial charge in [0.1, 0.15) is 5.75 Å². The number of hydrogen-bond donors (Lipinski definition) is 0. The van der Waals surface area contributed by atoms with Crippen molar-refractivity contribution in [1.29, 1.82) is 0 Å². The van der Waals surface area contributed by atoms with Gasteiger partial charge in [-0.2, -0.15) is 0 Å². The fraction of sp³-hybridized carbons (Fsp3) is 0.435. The van der Waals surface area contributed by atoms with E-state index < -0.39 is 0 Å². The van der Waals surface area contributed by atoms with Crippen LogP contribution in [0, 0.1) is 0 Å². The van der Waals surface area contributed by atoms with Crippen LogP contribution in [0.2, 0.25) is 5.02 Å². The van der Waals surface area contributed by atoms with Gasteiger partial charge in [0.25, 0.3) is 5.91 Å². The fourth-order valence-electron chi connectivity index (χ4n) is 3.70. The molecule has 0 aromatic heterocycles. The number of halogens is 1. The summed E-state index contributed by atoms with van der Waals surface area (Å²) in [6, 6.07) is 13.5. The van der Waals surface area contributed by atoms with E-state index in [9.17, 15) is 4.79 Å². The number of ether oxygens (including phenoxy) is 1. The number of hydrogen-bond acceptors (Lipinski definition) is 2. The zero-order valence-electron chi connectivity index (χ0n) is 16.2. The van der Waals surface area contributed by atoms with Crippen LogP contribution >= 0.6 is 11.6 Å². The second-order valence-electron chi connectivity index (χ2n) is 7.32. The summed E-state index contributed by atoms with van der Waals surface area (Å²) in [6.45, 7) is 2.80. The van der Waals surface area contributed by atoms with Gasteiger partial charge in [-0.05, 0) is 73.6 Å². The van der Waals surface area contributed by atoms with E-state index in [1.165, 1.54) is 19.3 Å². The normalized spacial score (nSPS) is 14.8. The lowest BCUT2D eigenvalue weighted by molar-refractivity contribution is 0.0796. The lowest BCUT2D eigenvalue weighted by Gasteiger charge is -2.24. The average molecular weight is 386 g/mol. The highest BCUT2D eigenvalue weighted by molar-refractivity contribution is 6.30. The Morgan fingerprint density at radius 3 is 2.63 bits per heavy atom. The Kier molecular flexibility index (Phi) is 6.78. The minimum atomic E-state index is 0.0241. The quantitative estimate of drug-likeness (QED) is 0.592. The van der Waals surface area contributed by atoms with Crippen LogP contribution in [0.4, 0.5) is 0 Å². The standard InChI is InChI=1S/C23H28ClNO2/c1-3-14-25(2)23(26)21-13-12-20(27-19-10-5-4-6-11-19)16-22(21)17-8-7-9-18(24)15-17/h7-9,12-13,15-16,19H,3-6,10-11,14H2,1-2H3. The summed E-state index contributed by atoms with van der Waals surface area (Å²) in [5.41, 5.74) is 2.49. The third kappa shape index (κ3) is 5.04. The molecule has 0 bridgehead atoms. The molecule has 1 amide bonds. The van der Waals surface area contributed by atoms with Gasteiger partial charge in [0.2, 0.25) is 0 Å². The van der Waals surface area contributed by atoms with E-state index in [0.29, 0.717) is 10.6 Å². The van der Waals surface area contributed by atoms with Gasteiger partial charge in [-0.3, -0.25) is 4.79 Å². The van der Waals surface area contributed by atoms with Crippen molar-refractivity contribution in [2.24, 2.45) is 0 Å². The van der Waals surface area contributed by atoms with E-state index in [1.807, 2.05) is 49.5 Å². The number of rotatable bonds is 6. The van der Waals surface area contributed by atoms with Gasteiger partial charge in [-0.1, -0.05) is 37.1 Å². The summed E-state index contributed by atoms with van der Waals surface area (Å²) in [7, 11) is 1.85. The maximum atomic E-state index is 13.0. The number of amides is 1. The van der Waals surface area contributed by atoms with E-state index in [0.717, 1.165) is 42.7 Å². The van der Waals surface area contributed by atoms with Crippen LogP contribution in [0.5, 0.6) is 5.75 Å². The Morgan fingerprint density at radius 1 is 1.15 bits per heavy atom. The first-order chi connectivity index (χ1) is 13.1. The molecule has 1 aliphatic rings. The minimum Gasteiger partial charge on any atom is -0.490 e. The van der Waals surface area contributed by atoms with Crippen LogP contribution in [0.25, 0.3) is 11.1 Å². The molecule has 2 aromatic rings. The second-order valence-corrected chi connectivity index (χ2v) is 7.76. The molecule has 1 saturated carbocycles. The Balaban J connectivity index is 1.95. The minimum absolute atomic E-state index is 0.0241. The summed E-state index contributed by atoms with van der Waals surface area (Å²) in [6.07, 6.45) is 7.16. The van der Waals surface area contributed by atoms with Crippen molar-refractivity contribution < 1.29 is 9.53 Å². The van der Waals surface area contributed by atoms with E-state index in [4.69, 9.17) is 16.3 Å². The molecule has 0 radical (unpaired) electrons. The lowest BCUT2D eigenvalue weighted by Crippen LogP contribution is -2.28. The monoisotopic (exact) mass is 385 g/mol. The van der Waals surface area contributed by atoms with E-state index in [-0.39, 0.29) is 12.0 Å². The summed E-state index contributed by atoms with van der Waals surface area (Å²) in [5.74, 6) is 0.850. The number of carbonyl (C=O) groups is 1. The van der Waals surface area contributed by atoms with Crippen LogP contribution in [0.3, 0.4) is 0 Å². The zero-order valence-corrected chi connectivity index (χ0v) is 17.0. The van der Waals surface area contributed by atoms with Gasteiger partial charge >= 0.3 is 0 Å². The molecule has 0 aliphatic heterocycles. The molecule has 2 aromatic carbocycles. The van der Waals surface area contributed by atoms with Crippen LogP contribution in [0.15, 0.2) is 42.5 Å². The molecule has 1 aliphatic carbocycles. The first kappa shape index (κ1) is 19.8. The maximum absolute atomic E-state index is 13.0. The highest BCUT2D eigenvalue weighted by Crippen LogP contribution is 2.32. The predicted octanol–water partition coefficient (Wildman–Crippen LogP) is 6.20. The van der Waals surface area contributed by atoms with Crippen molar-refractivity contribution in [3.8, 4) is 16.9 Å². The van der Waals surface area contributed by atoms with Crippen molar-refractivity contribution in [1.82, 2.24) is 4.90 Å². The molecule has 27 heavy (non-hydrogen) atoms. The summed E-state index contributed by atoms with van der Waals surface area (Å²) < 4.78 is 6.23. The molecule has 4 heteroatoms. The van der Waals surface area contributed by atoms with Crippen molar-refractivity contribution in [2.45, 2.75) is 51.6 Å². The van der Waals surface area contributed by atoms with Gasteiger partial charge in [0.05, 0.1) is 6.10 Å². The number of nitrogens with zero attached hydrogens (tertiary/aromatic N) is 1. The first-order valence-corrected chi connectivity index (χ1v) is 10.3. The zero-order chi connectivity index (χ0) is 19.2. The van der Waals surface area contributed by atoms with Gasteiger partial charge < -0.3 is 9.64 Å². The number of carbonyl (C=O) groups excluding carboxylic acids is 1. The molecule has 0 unspecified atom stereocenters. The van der Waals surface area contributed by atoms with E-state index in [2.05, 4.69) is 6.92 Å². The molecular formula is C23H28ClNO2. The Bertz CT molecular complexity index is 784. The van der Waals surface area contributed by atoms with Crippen LogP contribution in [-0.4, -0.2) is 30.5 Å². The Hall–Kier alpha value is -2.00. The van der Waals surface area contributed by atoms with Gasteiger partial charge in [-0.25, -0.2) is 0 Å². The molecule has 0 atom stereocenters. The van der Waals surface area contributed by atoms with E-state index >= 15 is 0 Å². The predicted molar refractivity (Wildman–Crippen MR) is 112 cm³/mol. The third-order valence-corrected chi connectivity index (χ3v) is 5.35. The SMILES string of the molecule is CCCN(C)C(=O)c1ccc(OC2CCCCC2)cc1-c1cccc(Cl)c1. The van der Waals surface area contributed by atoms with Crippen LogP contribution < -0.4 is 4.74 Å². The molecule has 0 spiro atoms. The van der Waals surface area contributed by atoms with Gasteiger partial charge in [0, 0.05) is 24.2 Å². The third-order valence-electron chi connectivity index (χ3n) is 5.12. The first-order valence-electron chi connectivity index (χ1n) is 9.90. The van der Waals surface area contributed by atoms with Crippen molar-refractivity contribution in [3.05, 3.63) is 53.1 Å². The summed E-state index contributed by atoms with van der Waals surface area (Å²) in [4.78, 5) is 14.7. The highest BCUT2D eigenvalue weighted by Gasteiger charge is 2.20. The van der Waals surface area contributed by atoms with Crippen molar-refractivity contribution in [2.75, 3.05) is 13.6 Å². The smallest absolute Gasteiger partial charge is 0.254 e. The van der Waals surface area contributed by atoms with Gasteiger partial charge in [0.15, 0.2) is 0 Å². The largest absolute Gasteiger partial charge is 0.490 e. The molecule has 3 nitrogen and oxygen atoms in total. The van der Waals surface area contributed by atoms with Crippen LogP contribution in [-0.2, 0) is 0 Å². The van der Waals surface area contributed by atoms with Crippen LogP contribution in [0.1, 0.15) is 55.8 Å². The summed E-state index contributed by atoms with van der Waals surface area (Å²) >= 11 is 6.21. The fourth-order valence-corrected chi connectivity index (χ4v) is 3.89. The average Bonchev–Trinajstić information content (AvgIpc) is 2.68. The molecule has 144 valence electrons. The molecule has 0 heterocycles. The molecule has 1 fully saturated rings. The van der Waals surface area contributed by atoms with E-state index in [1.54, 1.807) is 4.90 Å². The molecular weight excluding hydrogens is 358 g/mol. The summed E-state index contributed by atoms with van der Waals surface area (Å²) in [5, 5.41) is 0.659. The van der Waals surface area contributed by atoms with Gasteiger partial charge in [-0.15, -0.1) is 0 Å². The highest BCUT2D eigenvalue weighted by atomic mass is 35.5. The lowest BCUT2D eigenvalue weighted by atomic mass is 9.96. The molecule has 0 N–H and O–H groups in total. The number of benzene rings is 2. The molecule has 3 rings (SSSR count). The van der Waals surface area contributed by atoms with Crippen molar-refractivity contribution >= 4 is 17.5 Å². The topological polar surface area (TPSA) is 29.5 Å². The maximum Gasteiger partial charge on any atom is 0.254 e. The second kappa shape index (κ2) is 9.27.